The van der Waals surface area contributed by atoms with Gasteiger partial charge in [0.25, 0.3) is 0 Å². The van der Waals surface area contributed by atoms with Crippen LogP contribution in [0.1, 0.15) is 188 Å². The largest absolute Gasteiger partial charge is 0.462 e. The van der Waals surface area contributed by atoms with Crippen molar-refractivity contribution in [1.82, 2.24) is 0 Å². The highest BCUT2D eigenvalue weighted by atomic mass is 16.6. The third-order valence-electron chi connectivity index (χ3n) is 9.33. The molecule has 6 heteroatoms. The molecule has 332 valence electrons. The normalized spacial score (nSPS) is 13.1. The van der Waals surface area contributed by atoms with Crippen LogP contribution in [-0.2, 0) is 28.6 Å². The average Bonchev–Trinajstić information content (AvgIpc) is 3.23. The minimum absolute atomic E-state index is 0.123. The Morgan fingerprint density at radius 2 is 0.746 bits per heavy atom. The SMILES string of the molecule is CC\C=C/C=C\C=C/C=C\CCCCCCCC(=O)OC(COC(=O)CCC/C=C\C/C=C\C/C=C\C/C=C\CCCCC)COC(=O)CCC/C=C\CCCCCC. The molecule has 0 fully saturated rings. The van der Waals surface area contributed by atoms with Crippen molar-refractivity contribution in [2.75, 3.05) is 13.2 Å². The minimum Gasteiger partial charge on any atom is -0.462 e. The first-order valence-corrected chi connectivity index (χ1v) is 23.4. The van der Waals surface area contributed by atoms with E-state index < -0.39 is 6.10 Å². The van der Waals surface area contributed by atoms with Crippen molar-refractivity contribution in [3.05, 3.63) is 109 Å². The molecule has 0 rings (SSSR count). The second-order valence-electron chi connectivity index (χ2n) is 15.0. The molecule has 0 bridgehead atoms. The second-order valence-corrected chi connectivity index (χ2v) is 15.0. The lowest BCUT2D eigenvalue weighted by molar-refractivity contribution is -0.167. The zero-order valence-corrected chi connectivity index (χ0v) is 37.7. The molecule has 0 aromatic heterocycles. The molecular weight excluding hydrogens is 733 g/mol. The van der Waals surface area contributed by atoms with E-state index in [4.69, 9.17) is 14.2 Å². The van der Waals surface area contributed by atoms with Gasteiger partial charge in [-0.25, -0.2) is 0 Å². The van der Waals surface area contributed by atoms with Crippen molar-refractivity contribution in [1.29, 1.82) is 0 Å². The number of carbonyl (C=O) groups is 3. The van der Waals surface area contributed by atoms with Crippen LogP contribution in [0.25, 0.3) is 0 Å². The van der Waals surface area contributed by atoms with E-state index in [9.17, 15) is 14.4 Å². The van der Waals surface area contributed by atoms with Crippen molar-refractivity contribution in [2.45, 2.75) is 194 Å². The number of esters is 3. The lowest BCUT2D eigenvalue weighted by atomic mass is 10.1. The first-order valence-electron chi connectivity index (χ1n) is 23.4. The number of hydrogen-bond donors (Lipinski definition) is 0. The number of carbonyl (C=O) groups excluding carboxylic acids is 3. The lowest BCUT2D eigenvalue weighted by Gasteiger charge is -2.18. The van der Waals surface area contributed by atoms with Gasteiger partial charge in [-0.05, 0) is 96.3 Å². The van der Waals surface area contributed by atoms with E-state index in [-0.39, 0.29) is 44.0 Å². The summed E-state index contributed by atoms with van der Waals surface area (Å²) in [7, 11) is 0. The number of unbranched alkanes of at least 4 members (excludes halogenated alkanes) is 14. The van der Waals surface area contributed by atoms with Crippen LogP contribution in [0.2, 0.25) is 0 Å². The van der Waals surface area contributed by atoms with E-state index >= 15 is 0 Å². The third kappa shape index (κ3) is 45.0. The van der Waals surface area contributed by atoms with Crippen LogP contribution < -0.4 is 0 Å². The molecule has 0 saturated heterocycles. The standard InChI is InChI=1S/C53H84O6/c1-4-7-10-13-16-19-21-23-25-26-28-29-31-34-37-40-43-46-52(55)58-49-50(48-57-51(54)45-42-39-36-33-18-15-12-9-6-3)59-53(56)47-44-41-38-35-32-30-27-24-22-20-17-14-11-8-5-2/h8,11,14,16-17,19-20,22-25,27-29,33-34,36-37,50H,4-7,9-10,12-13,15,18,21,26,30-32,35,38-49H2,1-3H3/b11-8-,17-14-,19-16-,22-20-,25-23-,27-24-,29-28-,36-33-,37-34-. The van der Waals surface area contributed by atoms with Crippen molar-refractivity contribution in [3.63, 3.8) is 0 Å². The Bertz CT molecular complexity index is 1260. The topological polar surface area (TPSA) is 78.9 Å². The van der Waals surface area contributed by atoms with Gasteiger partial charge in [0, 0.05) is 19.3 Å². The molecule has 0 aromatic carbocycles. The van der Waals surface area contributed by atoms with Crippen LogP contribution in [-0.4, -0.2) is 37.2 Å². The highest BCUT2D eigenvalue weighted by molar-refractivity contribution is 5.71. The van der Waals surface area contributed by atoms with Crippen LogP contribution in [0.5, 0.6) is 0 Å². The summed E-state index contributed by atoms with van der Waals surface area (Å²) in [6.45, 7) is 6.31. The van der Waals surface area contributed by atoms with Crippen molar-refractivity contribution >= 4 is 17.9 Å². The Morgan fingerprint density at radius 1 is 0.373 bits per heavy atom. The van der Waals surface area contributed by atoms with Gasteiger partial charge in [-0.2, -0.15) is 0 Å². The highest BCUT2D eigenvalue weighted by Gasteiger charge is 2.19. The Hall–Kier alpha value is -3.93. The van der Waals surface area contributed by atoms with Gasteiger partial charge in [0.05, 0.1) is 0 Å². The van der Waals surface area contributed by atoms with Gasteiger partial charge in [-0.15, -0.1) is 0 Å². The van der Waals surface area contributed by atoms with Crippen LogP contribution in [0, 0.1) is 0 Å². The molecule has 0 amide bonds. The summed E-state index contributed by atoms with van der Waals surface area (Å²) in [5, 5.41) is 0. The molecular formula is C53H84O6. The second kappa shape index (κ2) is 46.8. The van der Waals surface area contributed by atoms with Gasteiger partial charge < -0.3 is 14.2 Å². The smallest absolute Gasteiger partial charge is 0.306 e. The van der Waals surface area contributed by atoms with Crippen molar-refractivity contribution in [3.8, 4) is 0 Å². The fourth-order valence-electron chi connectivity index (χ4n) is 5.80. The molecule has 59 heavy (non-hydrogen) atoms. The molecule has 0 aliphatic rings. The Labute approximate surface area is 361 Å². The van der Waals surface area contributed by atoms with Gasteiger partial charge in [0.15, 0.2) is 6.10 Å². The third-order valence-corrected chi connectivity index (χ3v) is 9.33. The van der Waals surface area contributed by atoms with E-state index in [0.717, 1.165) is 83.5 Å². The summed E-state index contributed by atoms with van der Waals surface area (Å²) in [4.78, 5) is 37.7. The molecule has 1 atom stereocenters. The summed E-state index contributed by atoms with van der Waals surface area (Å²) in [5.41, 5.74) is 0. The number of allylic oxidation sites excluding steroid dienone is 18. The van der Waals surface area contributed by atoms with E-state index in [1.54, 1.807) is 0 Å². The van der Waals surface area contributed by atoms with Crippen LogP contribution in [0.15, 0.2) is 109 Å². The fourth-order valence-corrected chi connectivity index (χ4v) is 5.80. The van der Waals surface area contributed by atoms with Crippen molar-refractivity contribution < 1.29 is 28.6 Å². The van der Waals surface area contributed by atoms with Gasteiger partial charge in [-0.1, -0.05) is 182 Å². The molecule has 0 heterocycles. The molecule has 0 aromatic rings. The Kier molecular flexibility index (Phi) is 43.6. The maximum absolute atomic E-state index is 12.7. The maximum Gasteiger partial charge on any atom is 0.306 e. The summed E-state index contributed by atoms with van der Waals surface area (Å²) in [6, 6.07) is 0. The number of rotatable bonds is 40. The molecule has 0 saturated carbocycles. The van der Waals surface area contributed by atoms with Gasteiger partial charge in [-0.3, -0.25) is 14.4 Å². The van der Waals surface area contributed by atoms with E-state index in [1.165, 1.54) is 51.4 Å². The van der Waals surface area contributed by atoms with Gasteiger partial charge in [0.1, 0.15) is 13.2 Å². The predicted molar refractivity (Wildman–Crippen MR) is 251 cm³/mol. The predicted octanol–water partition coefficient (Wildman–Crippen LogP) is 15.2. The molecule has 0 N–H and O–H groups in total. The molecule has 0 radical (unpaired) electrons. The summed E-state index contributed by atoms with van der Waals surface area (Å²) in [5.74, 6) is -1.05. The van der Waals surface area contributed by atoms with E-state index in [1.807, 2.05) is 24.3 Å². The molecule has 0 aliphatic carbocycles. The monoisotopic (exact) mass is 817 g/mol. The first-order chi connectivity index (χ1) is 29.0. The zero-order chi connectivity index (χ0) is 43.0. The van der Waals surface area contributed by atoms with Crippen LogP contribution in [0.4, 0.5) is 0 Å². The summed E-state index contributed by atoms with van der Waals surface area (Å²) < 4.78 is 16.6. The van der Waals surface area contributed by atoms with E-state index in [0.29, 0.717) is 19.3 Å². The Balaban J connectivity index is 4.53. The maximum atomic E-state index is 12.7. The molecule has 1 unspecified atom stereocenters. The first kappa shape index (κ1) is 55.1. The minimum atomic E-state index is -0.823. The fraction of sp³-hybridized carbons (Fsp3) is 0.604. The summed E-state index contributed by atoms with van der Waals surface area (Å²) in [6.07, 6.45) is 62.2. The Morgan fingerprint density at radius 3 is 1.29 bits per heavy atom. The van der Waals surface area contributed by atoms with Crippen LogP contribution in [0.3, 0.4) is 0 Å². The number of ether oxygens (including phenoxy) is 3. The van der Waals surface area contributed by atoms with E-state index in [2.05, 4.69) is 106 Å². The van der Waals surface area contributed by atoms with Gasteiger partial charge in [0.2, 0.25) is 0 Å². The molecule has 0 spiro atoms. The summed E-state index contributed by atoms with van der Waals surface area (Å²) >= 11 is 0. The number of hydrogen-bond acceptors (Lipinski definition) is 6. The molecule has 6 nitrogen and oxygen atoms in total. The quantitative estimate of drug-likeness (QED) is 0.0201. The average molecular weight is 817 g/mol. The lowest BCUT2D eigenvalue weighted by Crippen LogP contribution is -2.30. The zero-order valence-electron chi connectivity index (χ0n) is 37.7. The van der Waals surface area contributed by atoms with Gasteiger partial charge >= 0.3 is 17.9 Å². The van der Waals surface area contributed by atoms with Crippen molar-refractivity contribution in [2.24, 2.45) is 0 Å². The highest BCUT2D eigenvalue weighted by Crippen LogP contribution is 2.11. The van der Waals surface area contributed by atoms with Crippen LogP contribution >= 0.6 is 0 Å². The molecule has 0 aliphatic heterocycles.